The summed E-state index contributed by atoms with van der Waals surface area (Å²) in [6.45, 7) is 6.31. The Kier molecular flexibility index (Phi) is 6.80. The van der Waals surface area contributed by atoms with Crippen molar-refractivity contribution in [1.82, 2.24) is 4.90 Å². The van der Waals surface area contributed by atoms with Crippen LogP contribution in [0.4, 0.5) is 11.4 Å². The number of rotatable bonds is 6. The van der Waals surface area contributed by atoms with Crippen molar-refractivity contribution in [3.63, 3.8) is 0 Å². The standard InChI is InChI=1S/C28H29N3O4S/c1-3-35-22-12-6-19(7-13-22)26(32)24-25(23-5-4-18-36-23)31(28(34)27(24)33)21-10-8-20(9-11-21)30-16-14-29(2)15-17-30/h4-13,18,25,32H,3,14-17H2,1-2H3/b26-24-. The second kappa shape index (κ2) is 10.2. The van der Waals surface area contributed by atoms with E-state index in [4.69, 9.17) is 4.74 Å². The molecule has 0 saturated carbocycles. The van der Waals surface area contributed by atoms with Crippen molar-refractivity contribution in [2.24, 2.45) is 0 Å². The molecule has 0 aliphatic carbocycles. The van der Waals surface area contributed by atoms with Crippen LogP contribution in [0.5, 0.6) is 5.75 Å². The Morgan fingerprint density at radius 2 is 1.64 bits per heavy atom. The van der Waals surface area contributed by atoms with Crippen LogP contribution in [-0.2, 0) is 9.59 Å². The highest BCUT2D eigenvalue weighted by Crippen LogP contribution is 2.44. The summed E-state index contributed by atoms with van der Waals surface area (Å²) in [7, 11) is 2.12. The van der Waals surface area contributed by atoms with Crippen molar-refractivity contribution in [3.8, 4) is 5.75 Å². The molecule has 0 radical (unpaired) electrons. The minimum atomic E-state index is -0.703. The van der Waals surface area contributed by atoms with E-state index in [9.17, 15) is 14.7 Å². The van der Waals surface area contributed by atoms with E-state index in [-0.39, 0.29) is 11.3 Å². The topological polar surface area (TPSA) is 73.3 Å². The molecule has 1 aromatic heterocycles. The van der Waals surface area contributed by atoms with Gasteiger partial charge in [0.05, 0.1) is 12.2 Å². The maximum absolute atomic E-state index is 13.3. The minimum Gasteiger partial charge on any atom is -0.507 e. The Morgan fingerprint density at radius 3 is 2.25 bits per heavy atom. The van der Waals surface area contributed by atoms with Crippen LogP contribution in [0.1, 0.15) is 23.4 Å². The van der Waals surface area contributed by atoms with Crippen LogP contribution < -0.4 is 14.5 Å². The third kappa shape index (κ3) is 4.50. The monoisotopic (exact) mass is 503 g/mol. The van der Waals surface area contributed by atoms with Crippen LogP contribution in [0, 0.1) is 0 Å². The Bertz CT molecular complexity index is 1260. The first-order valence-electron chi connectivity index (χ1n) is 12.1. The quantitative estimate of drug-likeness (QED) is 0.303. The van der Waals surface area contributed by atoms with Gasteiger partial charge in [-0.25, -0.2) is 0 Å². The number of ether oxygens (including phenoxy) is 1. The minimum absolute atomic E-state index is 0.0924. The number of carbonyl (C=O) groups excluding carboxylic acids is 2. The first-order valence-corrected chi connectivity index (χ1v) is 13.0. The molecule has 186 valence electrons. The number of hydrogen-bond donors (Lipinski definition) is 1. The van der Waals surface area contributed by atoms with E-state index in [2.05, 4.69) is 16.8 Å². The normalized spacial score (nSPS) is 20.2. The molecular weight excluding hydrogens is 474 g/mol. The number of aliphatic hydroxyl groups excluding tert-OH is 1. The number of nitrogens with zero attached hydrogens (tertiary/aromatic N) is 3. The highest BCUT2D eigenvalue weighted by molar-refractivity contribution is 7.10. The van der Waals surface area contributed by atoms with Gasteiger partial charge in [0.15, 0.2) is 0 Å². The second-order valence-electron chi connectivity index (χ2n) is 8.95. The van der Waals surface area contributed by atoms with Gasteiger partial charge < -0.3 is 19.6 Å². The molecule has 7 nitrogen and oxygen atoms in total. The number of amides is 1. The summed E-state index contributed by atoms with van der Waals surface area (Å²) in [5, 5.41) is 13.1. The number of piperazine rings is 1. The lowest BCUT2D eigenvalue weighted by Crippen LogP contribution is -2.44. The summed E-state index contributed by atoms with van der Waals surface area (Å²) >= 11 is 1.45. The SMILES string of the molecule is CCOc1ccc(/C(O)=C2/C(=O)C(=O)N(c3ccc(N4CCN(C)CC4)cc3)C2c2cccs2)cc1. The Hall–Kier alpha value is -3.62. The predicted octanol–water partition coefficient (Wildman–Crippen LogP) is 4.52. The van der Waals surface area contributed by atoms with Crippen LogP contribution in [0.3, 0.4) is 0 Å². The third-order valence-corrected chi connectivity index (χ3v) is 7.62. The lowest BCUT2D eigenvalue weighted by atomic mass is 9.99. The number of hydrogen-bond acceptors (Lipinski definition) is 7. The van der Waals surface area contributed by atoms with Gasteiger partial charge in [0.1, 0.15) is 17.6 Å². The van der Waals surface area contributed by atoms with Crippen LogP contribution in [0.25, 0.3) is 5.76 Å². The summed E-state index contributed by atoms with van der Waals surface area (Å²) in [5.41, 5.74) is 2.27. The highest BCUT2D eigenvalue weighted by atomic mass is 32.1. The molecule has 2 aliphatic rings. The van der Waals surface area contributed by atoms with Crippen molar-refractivity contribution in [2.75, 3.05) is 49.6 Å². The Morgan fingerprint density at radius 1 is 0.972 bits per heavy atom. The fourth-order valence-electron chi connectivity index (χ4n) is 4.73. The van der Waals surface area contributed by atoms with Crippen molar-refractivity contribution in [3.05, 3.63) is 82.1 Å². The van der Waals surface area contributed by atoms with Crippen LogP contribution in [0.2, 0.25) is 0 Å². The molecule has 1 amide bonds. The van der Waals surface area contributed by atoms with Gasteiger partial charge in [-0.15, -0.1) is 11.3 Å². The van der Waals surface area contributed by atoms with Gasteiger partial charge in [0.2, 0.25) is 0 Å². The van der Waals surface area contributed by atoms with Gasteiger partial charge in [-0.05, 0) is 73.9 Å². The van der Waals surface area contributed by atoms with E-state index in [1.807, 2.05) is 48.7 Å². The van der Waals surface area contributed by atoms with Crippen LogP contribution >= 0.6 is 11.3 Å². The highest BCUT2D eigenvalue weighted by Gasteiger charge is 2.47. The van der Waals surface area contributed by atoms with E-state index in [1.165, 1.54) is 16.2 Å². The molecule has 3 heterocycles. The van der Waals surface area contributed by atoms with Crippen molar-refractivity contribution < 1.29 is 19.4 Å². The first kappa shape index (κ1) is 24.1. The number of carbonyl (C=O) groups is 2. The van der Waals surface area contributed by atoms with E-state index in [0.29, 0.717) is 23.6 Å². The molecule has 8 heteroatoms. The fraction of sp³-hybridized carbons (Fsp3) is 0.286. The van der Waals surface area contributed by atoms with Crippen LogP contribution in [0.15, 0.2) is 71.6 Å². The van der Waals surface area contributed by atoms with Crippen molar-refractivity contribution in [1.29, 1.82) is 0 Å². The summed E-state index contributed by atoms with van der Waals surface area (Å²) in [6, 6.07) is 17.7. The molecule has 1 N–H and O–H groups in total. The smallest absolute Gasteiger partial charge is 0.300 e. The van der Waals surface area contributed by atoms with Gasteiger partial charge in [-0.3, -0.25) is 14.5 Å². The number of thiophene rings is 1. The zero-order valence-electron chi connectivity index (χ0n) is 20.4. The average molecular weight is 504 g/mol. The molecule has 2 aliphatic heterocycles. The summed E-state index contributed by atoms with van der Waals surface area (Å²) in [4.78, 5) is 33.5. The molecule has 2 aromatic carbocycles. The predicted molar refractivity (Wildman–Crippen MR) is 143 cm³/mol. The number of ketones is 1. The Labute approximate surface area is 214 Å². The molecule has 0 spiro atoms. The van der Waals surface area contributed by atoms with Crippen molar-refractivity contribution in [2.45, 2.75) is 13.0 Å². The average Bonchev–Trinajstić information content (AvgIpc) is 3.52. The van der Waals surface area contributed by atoms with E-state index < -0.39 is 17.7 Å². The molecule has 2 saturated heterocycles. The second-order valence-corrected chi connectivity index (χ2v) is 9.93. The summed E-state index contributed by atoms with van der Waals surface area (Å²) in [6.07, 6.45) is 0. The molecule has 0 bridgehead atoms. The number of likely N-dealkylation sites (N-methyl/N-ethyl adjacent to an activating group) is 1. The fourth-order valence-corrected chi connectivity index (χ4v) is 5.56. The largest absolute Gasteiger partial charge is 0.507 e. The Balaban J connectivity index is 1.51. The summed E-state index contributed by atoms with van der Waals surface area (Å²) in [5.74, 6) is -0.854. The van der Waals surface area contributed by atoms with Gasteiger partial charge >= 0.3 is 0 Å². The van der Waals surface area contributed by atoms with Crippen LogP contribution in [-0.4, -0.2) is 61.5 Å². The van der Waals surface area contributed by atoms with Gasteiger partial charge in [-0.1, -0.05) is 6.07 Å². The lowest BCUT2D eigenvalue weighted by Gasteiger charge is -2.34. The number of Topliss-reactive ketones (excluding diaryl/α,β-unsaturated/α-hetero) is 1. The molecule has 5 rings (SSSR count). The molecule has 3 aromatic rings. The lowest BCUT2D eigenvalue weighted by molar-refractivity contribution is -0.132. The molecule has 1 unspecified atom stereocenters. The zero-order chi connectivity index (χ0) is 25.2. The molecule has 2 fully saturated rings. The zero-order valence-corrected chi connectivity index (χ0v) is 21.2. The maximum atomic E-state index is 13.3. The molecule has 1 atom stereocenters. The first-order chi connectivity index (χ1) is 17.5. The number of benzene rings is 2. The van der Waals surface area contributed by atoms with E-state index in [1.54, 1.807) is 24.3 Å². The number of aliphatic hydroxyl groups is 1. The third-order valence-electron chi connectivity index (χ3n) is 6.69. The van der Waals surface area contributed by atoms with Gasteiger partial charge in [0.25, 0.3) is 11.7 Å². The summed E-state index contributed by atoms with van der Waals surface area (Å²) < 4.78 is 5.49. The molecule has 36 heavy (non-hydrogen) atoms. The maximum Gasteiger partial charge on any atom is 0.300 e. The van der Waals surface area contributed by atoms with Crippen molar-refractivity contribution >= 4 is 40.2 Å². The van der Waals surface area contributed by atoms with Gasteiger partial charge in [-0.2, -0.15) is 0 Å². The number of anilines is 2. The van der Waals surface area contributed by atoms with E-state index >= 15 is 0 Å². The van der Waals surface area contributed by atoms with E-state index in [0.717, 1.165) is 36.7 Å². The molecular formula is C28H29N3O4S. The van der Waals surface area contributed by atoms with Gasteiger partial charge in [0, 0.05) is 48.0 Å².